The second-order valence-corrected chi connectivity index (χ2v) is 8.90. The average Bonchev–Trinajstić information content (AvgIpc) is 3.09. The van der Waals surface area contributed by atoms with E-state index in [1.54, 1.807) is 20.4 Å². The highest BCUT2D eigenvalue weighted by molar-refractivity contribution is 6.01. The number of anilines is 2. The fraction of sp³-hybridized carbons (Fsp3) is 0.276. The quantitative estimate of drug-likeness (QED) is 0.358. The molecule has 7 nitrogen and oxygen atoms in total. The third kappa shape index (κ3) is 4.15. The Kier molecular flexibility index (Phi) is 6.78. The maximum Gasteiger partial charge on any atom is 0.161 e. The summed E-state index contributed by atoms with van der Waals surface area (Å²) in [6.45, 7) is 0.286. The summed E-state index contributed by atoms with van der Waals surface area (Å²) in [6, 6.07) is 17.5. The molecule has 1 aliphatic heterocycles. The molecule has 0 unspecified atom stereocenters. The van der Waals surface area contributed by atoms with Crippen molar-refractivity contribution >= 4 is 22.3 Å². The highest BCUT2D eigenvalue weighted by Gasteiger charge is 2.24. The fourth-order valence-corrected chi connectivity index (χ4v) is 5.17. The third-order valence-corrected chi connectivity index (χ3v) is 6.93. The van der Waals surface area contributed by atoms with Crippen LogP contribution in [0.4, 0.5) is 11.5 Å². The minimum absolute atomic E-state index is 0.206. The van der Waals surface area contributed by atoms with Gasteiger partial charge in [-0.2, -0.15) is 0 Å². The van der Waals surface area contributed by atoms with Gasteiger partial charge in [-0.15, -0.1) is 0 Å². The van der Waals surface area contributed by atoms with Gasteiger partial charge >= 0.3 is 0 Å². The number of para-hydroxylation sites is 1. The Bertz CT molecular complexity index is 1400. The van der Waals surface area contributed by atoms with Crippen LogP contribution in [-0.4, -0.2) is 41.1 Å². The van der Waals surface area contributed by atoms with Crippen LogP contribution in [0.25, 0.3) is 21.9 Å². The molecule has 0 fully saturated rings. The van der Waals surface area contributed by atoms with Crippen LogP contribution in [0, 0.1) is 0 Å². The zero-order valence-corrected chi connectivity index (χ0v) is 20.4. The topological polar surface area (TPSA) is 95.3 Å². The Balaban J connectivity index is 1.73. The molecule has 0 bridgehead atoms. The van der Waals surface area contributed by atoms with E-state index >= 15 is 0 Å². The van der Waals surface area contributed by atoms with Gasteiger partial charge in [0, 0.05) is 24.0 Å². The Hall–Kier alpha value is -3.65. The zero-order valence-electron chi connectivity index (χ0n) is 20.4. The second-order valence-electron chi connectivity index (χ2n) is 8.90. The Morgan fingerprint density at radius 1 is 0.972 bits per heavy atom. The number of hydrogen-bond acceptors (Lipinski definition) is 7. The molecule has 0 amide bonds. The van der Waals surface area contributed by atoms with E-state index in [0.717, 1.165) is 51.9 Å². The maximum absolute atomic E-state index is 10.7. The van der Waals surface area contributed by atoms with Crippen molar-refractivity contribution in [2.24, 2.45) is 0 Å². The van der Waals surface area contributed by atoms with Gasteiger partial charge in [-0.05, 0) is 82.3 Å². The van der Waals surface area contributed by atoms with Crippen molar-refractivity contribution in [3.63, 3.8) is 0 Å². The van der Waals surface area contributed by atoms with Crippen LogP contribution < -0.4 is 14.4 Å². The van der Waals surface area contributed by atoms with Gasteiger partial charge in [-0.3, -0.25) is 0 Å². The molecule has 7 heteroatoms. The van der Waals surface area contributed by atoms with Gasteiger partial charge in [-0.25, -0.2) is 4.98 Å². The Morgan fingerprint density at radius 3 is 2.50 bits per heavy atom. The summed E-state index contributed by atoms with van der Waals surface area (Å²) >= 11 is 0. The van der Waals surface area contributed by atoms with E-state index in [9.17, 15) is 15.3 Å². The first-order chi connectivity index (χ1) is 17.6. The van der Waals surface area contributed by atoms with E-state index in [1.165, 1.54) is 0 Å². The van der Waals surface area contributed by atoms with Gasteiger partial charge in [0.25, 0.3) is 0 Å². The van der Waals surface area contributed by atoms with Gasteiger partial charge in [0.15, 0.2) is 11.5 Å². The highest BCUT2D eigenvalue weighted by atomic mass is 16.5. The molecular formula is C29H30N2O5. The van der Waals surface area contributed by atoms with Crippen LogP contribution >= 0.6 is 0 Å². The third-order valence-electron chi connectivity index (χ3n) is 6.93. The van der Waals surface area contributed by atoms with Crippen molar-refractivity contribution in [2.45, 2.75) is 32.2 Å². The molecule has 3 aromatic carbocycles. The lowest BCUT2D eigenvalue weighted by Gasteiger charge is -2.25. The van der Waals surface area contributed by atoms with Crippen LogP contribution in [-0.2, 0) is 13.2 Å². The Labute approximate surface area is 210 Å². The molecule has 36 heavy (non-hydrogen) atoms. The second kappa shape index (κ2) is 10.1. The maximum atomic E-state index is 10.7. The summed E-state index contributed by atoms with van der Waals surface area (Å²) in [5, 5.41) is 32.9. The lowest BCUT2D eigenvalue weighted by molar-refractivity contribution is 0.168. The zero-order chi connectivity index (χ0) is 25.2. The summed E-state index contributed by atoms with van der Waals surface area (Å²) in [4.78, 5) is 6.82. The van der Waals surface area contributed by atoms with Gasteiger partial charge in [0.1, 0.15) is 5.82 Å². The van der Waals surface area contributed by atoms with Gasteiger partial charge in [0.2, 0.25) is 0 Å². The fourth-order valence-electron chi connectivity index (χ4n) is 5.17. The first-order valence-corrected chi connectivity index (χ1v) is 12.0. The summed E-state index contributed by atoms with van der Waals surface area (Å²) in [6.07, 6.45) is 2.76. The van der Waals surface area contributed by atoms with Crippen molar-refractivity contribution in [2.75, 3.05) is 25.7 Å². The normalized spacial score (nSPS) is 15.5. The molecule has 1 atom stereocenters. The van der Waals surface area contributed by atoms with Crippen LogP contribution in [0.15, 0.2) is 60.8 Å². The average molecular weight is 487 g/mol. The van der Waals surface area contributed by atoms with Crippen molar-refractivity contribution in [3.8, 4) is 22.6 Å². The molecule has 5 rings (SSSR count). The number of methoxy groups -OCH3 is 2. The van der Waals surface area contributed by atoms with E-state index in [2.05, 4.69) is 9.88 Å². The smallest absolute Gasteiger partial charge is 0.161 e. The van der Waals surface area contributed by atoms with Crippen LogP contribution in [0.5, 0.6) is 11.5 Å². The number of nitrogens with zero attached hydrogens (tertiary/aromatic N) is 2. The molecule has 186 valence electrons. The molecule has 1 aliphatic rings. The first kappa shape index (κ1) is 24.1. The number of benzene rings is 3. The molecule has 0 aliphatic carbocycles. The highest BCUT2D eigenvalue weighted by Crippen LogP contribution is 2.42. The van der Waals surface area contributed by atoms with E-state index in [-0.39, 0.29) is 13.2 Å². The van der Waals surface area contributed by atoms with Gasteiger partial charge < -0.3 is 29.7 Å². The predicted octanol–water partition coefficient (Wildman–Crippen LogP) is 4.87. The molecule has 2 heterocycles. The number of aromatic nitrogens is 1. The number of aliphatic hydroxyl groups is 3. The monoisotopic (exact) mass is 486 g/mol. The van der Waals surface area contributed by atoms with Crippen LogP contribution in [0.2, 0.25) is 0 Å². The largest absolute Gasteiger partial charge is 0.493 e. The lowest BCUT2D eigenvalue weighted by Crippen LogP contribution is -2.19. The van der Waals surface area contributed by atoms with E-state index in [0.29, 0.717) is 29.0 Å². The molecule has 1 aromatic heterocycles. The number of aliphatic hydroxyl groups excluding tert-OH is 3. The summed E-state index contributed by atoms with van der Waals surface area (Å²) in [7, 11) is 3.18. The standard InChI is InChI=1S/C29H30N2O5/c1-35-26-13-19-12-20(16-32)23(17-33)29(22(19)15-27(26)36-2)18-9-10-30-28(14-18)31-11-5-8-25(34)21-6-3-4-7-24(21)31/h3-4,6-7,9-10,12-15,25,32-34H,5,8,11,16-17H2,1-2H3/t25-/m0/s1. The minimum atomic E-state index is -0.511. The van der Waals surface area contributed by atoms with Crippen molar-refractivity contribution in [1.82, 2.24) is 4.98 Å². The number of ether oxygens (including phenoxy) is 2. The molecule has 3 N–H and O–H groups in total. The summed E-state index contributed by atoms with van der Waals surface area (Å²) < 4.78 is 11.1. The summed E-state index contributed by atoms with van der Waals surface area (Å²) in [5.41, 5.74) is 4.80. The van der Waals surface area contributed by atoms with Crippen LogP contribution in [0.1, 0.15) is 35.6 Å². The molecular weight excluding hydrogens is 456 g/mol. The number of fused-ring (bicyclic) bond motifs is 2. The van der Waals surface area contributed by atoms with Gasteiger partial charge in [0.05, 0.1) is 33.5 Å². The molecule has 0 saturated carbocycles. The summed E-state index contributed by atoms with van der Waals surface area (Å²) in [5.74, 6) is 1.92. The number of pyridine rings is 1. The molecule has 0 spiro atoms. The minimum Gasteiger partial charge on any atom is -0.493 e. The molecule has 0 saturated heterocycles. The van der Waals surface area contributed by atoms with E-state index in [4.69, 9.17) is 9.47 Å². The number of rotatable bonds is 6. The van der Waals surface area contributed by atoms with E-state index in [1.807, 2.05) is 54.6 Å². The molecule has 0 radical (unpaired) electrons. The van der Waals surface area contributed by atoms with Crippen molar-refractivity contribution in [1.29, 1.82) is 0 Å². The number of hydrogen-bond donors (Lipinski definition) is 3. The predicted molar refractivity (Wildman–Crippen MR) is 140 cm³/mol. The van der Waals surface area contributed by atoms with Crippen molar-refractivity contribution < 1.29 is 24.8 Å². The SMILES string of the molecule is COc1cc2cc(CO)c(CO)c(-c3ccnc(N4CCC[C@H](O)c5ccccc54)c3)c2cc1OC. The van der Waals surface area contributed by atoms with Gasteiger partial charge in [-0.1, -0.05) is 18.2 Å². The van der Waals surface area contributed by atoms with Crippen molar-refractivity contribution in [3.05, 3.63) is 77.5 Å². The van der Waals surface area contributed by atoms with E-state index < -0.39 is 6.10 Å². The lowest BCUT2D eigenvalue weighted by atomic mass is 9.90. The first-order valence-electron chi connectivity index (χ1n) is 12.0. The Morgan fingerprint density at radius 2 is 1.75 bits per heavy atom. The van der Waals surface area contributed by atoms with Crippen LogP contribution in [0.3, 0.4) is 0 Å². The molecule has 4 aromatic rings.